The van der Waals surface area contributed by atoms with Crippen molar-refractivity contribution in [1.82, 2.24) is 0 Å². The molecule has 0 spiro atoms. The van der Waals surface area contributed by atoms with E-state index >= 15 is 0 Å². The predicted octanol–water partition coefficient (Wildman–Crippen LogP) is 21.5. The first-order valence-electron chi connectivity index (χ1n) is 31.6. The lowest BCUT2D eigenvalue weighted by Gasteiger charge is -2.18. The molecule has 0 fully saturated rings. The molecule has 0 aliphatic rings. The first kappa shape index (κ1) is 70.6. The Morgan fingerprint density at radius 3 is 0.824 bits per heavy atom. The van der Waals surface area contributed by atoms with Gasteiger partial charge in [0.15, 0.2) is 6.10 Å². The maximum absolute atomic E-state index is 12.9. The highest BCUT2D eigenvalue weighted by Crippen LogP contribution is 2.16. The maximum atomic E-state index is 12.9. The normalized spacial score (nSPS) is 12.6. The van der Waals surface area contributed by atoms with Crippen LogP contribution in [0.4, 0.5) is 0 Å². The van der Waals surface area contributed by atoms with E-state index < -0.39 is 6.10 Å². The first-order chi connectivity index (χ1) is 36.5. The van der Waals surface area contributed by atoms with E-state index in [0.717, 1.165) is 116 Å². The highest BCUT2D eigenvalue weighted by molar-refractivity contribution is 5.71. The zero-order valence-corrected chi connectivity index (χ0v) is 48.8. The third kappa shape index (κ3) is 59.5. The van der Waals surface area contributed by atoms with E-state index in [-0.39, 0.29) is 31.1 Å². The van der Waals surface area contributed by atoms with Gasteiger partial charge in [-0.2, -0.15) is 0 Å². The van der Waals surface area contributed by atoms with Crippen molar-refractivity contribution in [3.63, 3.8) is 0 Å². The molecule has 0 saturated heterocycles. The predicted molar refractivity (Wildman–Crippen MR) is 321 cm³/mol. The van der Waals surface area contributed by atoms with E-state index in [1.54, 1.807) is 0 Å². The van der Waals surface area contributed by atoms with Crippen LogP contribution in [-0.4, -0.2) is 37.2 Å². The van der Waals surface area contributed by atoms with Crippen LogP contribution in [0.5, 0.6) is 0 Å². The standard InChI is InChI=1S/C68H118O6/c1-4-7-10-13-16-19-22-25-27-29-31-33-34-36-37-39-41-43-46-49-52-55-58-61-67(70)73-64-65(63-72-66(69)60-57-54-51-48-45-24-21-18-15-12-9-6-3)74-68(71)62-59-56-53-50-47-44-42-40-38-35-32-30-28-26-23-20-17-14-11-8-5-2/h8,11,17,20,22,25-26,28-29,31-32,35,40,42,65H,4-7,9-10,12-16,18-19,21,23-24,27,30,33-34,36-39,41,43-64H2,1-3H3/b11-8-,20-17-,25-22-,28-26-,31-29-,35-32-,42-40-. The maximum Gasteiger partial charge on any atom is 0.306 e. The zero-order valence-electron chi connectivity index (χ0n) is 48.8. The smallest absolute Gasteiger partial charge is 0.306 e. The molecule has 1 atom stereocenters. The molecule has 0 radical (unpaired) electrons. The molecule has 0 aliphatic carbocycles. The van der Waals surface area contributed by atoms with E-state index in [4.69, 9.17) is 14.2 Å². The van der Waals surface area contributed by atoms with Crippen molar-refractivity contribution in [1.29, 1.82) is 0 Å². The Morgan fingerprint density at radius 1 is 0.284 bits per heavy atom. The van der Waals surface area contributed by atoms with E-state index in [1.165, 1.54) is 154 Å². The lowest BCUT2D eigenvalue weighted by atomic mass is 10.0. The summed E-state index contributed by atoms with van der Waals surface area (Å²) in [6.07, 6.45) is 81.5. The molecule has 0 aromatic rings. The quantitative estimate of drug-likeness (QED) is 0.0261. The molecule has 6 nitrogen and oxygen atoms in total. The minimum Gasteiger partial charge on any atom is -0.462 e. The fourth-order valence-corrected chi connectivity index (χ4v) is 8.91. The molecule has 0 aromatic heterocycles. The molecule has 0 bridgehead atoms. The Morgan fingerprint density at radius 2 is 0.527 bits per heavy atom. The van der Waals surface area contributed by atoms with Crippen LogP contribution < -0.4 is 0 Å². The van der Waals surface area contributed by atoms with Crippen LogP contribution in [0.15, 0.2) is 85.1 Å². The van der Waals surface area contributed by atoms with Crippen LogP contribution in [0.2, 0.25) is 0 Å². The molecule has 0 heterocycles. The summed E-state index contributed by atoms with van der Waals surface area (Å²) >= 11 is 0. The van der Waals surface area contributed by atoms with Crippen LogP contribution in [0.3, 0.4) is 0 Å². The van der Waals surface area contributed by atoms with Gasteiger partial charge < -0.3 is 14.2 Å². The van der Waals surface area contributed by atoms with Gasteiger partial charge in [0.25, 0.3) is 0 Å². The molecular weight excluding hydrogens is 913 g/mol. The van der Waals surface area contributed by atoms with Crippen LogP contribution in [-0.2, 0) is 28.6 Å². The summed E-state index contributed by atoms with van der Waals surface area (Å²) in [5.74, 6) is -0.892. The molecule has 0 amide bonds. The molecular formula is C68H118O6. The summed E-state index contributed by atoms with van der Waals surface area (Å²) in [6, 6.07) is 0. The lowest BCUT2D eigenvalue weighted by molar-refractivity contribution is -0.167. The van der Waals surface area contributed by atoms with Gasteiger partial charge in [-0.05, 0) is 96.3 Å². The number of hydrogen-bond donors (Lipinski definition) is 0. The summed E-state index contributed by atoms with van der Waals surface area (Å²) in [5.41, 5.74) is 0. The van der Waals surface area contributed by atoms with E-state index in [0.29, 0.717) is 19.3 Å². The van der Waals surface area contributed by atoms with Crippen LogP contribution in [0.1, 0.15) is 310 Å². The van der Waals surface area contributed by atoms with Crippen LogP contribution in [0, 0.1) is 0 Å². The number of esters is 3. The first-order valence-corrected chi connectivity index (χ1v) is 31.6. The highest BCUT2D eigenvalue weighted by Gasteiger charge is 2.19. The van der Waals surface area contributed by atoms with Crippen molar-refractivity contribution in [2.24, 2.45) is 0 Å². The van der Waals surface area contributed by atoms with Gasteiger partial charge in [0, 0.05) is 19.3 Å². The molecule has 0 aliphatic heterocycles. The van der Waals surface area contributed by atoms with Gasteiger partial charge in [0.2, 0.25) is 0 Å². The van der Waals surface area contributed by atoms with Crippen molar-refractivity contribution in [2.45, 2.75) is 316 Å². The topological polar surface area (TPSA) is 78.9 Å². The van der Waals surface area contributed by atoms with E-state index in [9.17, 15) is 14.4 Å². The molecule has 426 valence electrons. The van der Waals surface area contributed by atoms with E-state index in [1.807, 2.05) is 0 Å². The summed E-state index contributed by atoms with van der Waals surface area (Å²) in [7, 11) is 0. The van der Waals surface area contributed by atoms with Crippen molar-refractivity contribution >= 4 is 17.9 Å². The van der Waals surface area contributed by atoms with Crippen molar-refractivity contribution in [3.8, 4) is 0 Å². The summed E-state index contributed by atoms with van der Waals surface area (Å²) in [5, 5.41) is 0. The summed E-state index contributed by atoms with van der Waals surface area (Å²) < 4.78 is 16.9. The molecule has 74 heavy (non-hydrogen) atoms. The SMILES string of the molecule is CC/C=C\C/C=C\C/C=C\C/C=C\C/C=C\CCCCCCCC(=O)OC(COC(=O)CCCCCCCCCCCCCC)COC(=O)CCCCCCCCCCCCC/C=C\C/C=C\CCCCCCC. The number of carbonyl (C=O) groups excluding carboxylic acids is 3. The second-order valence-corrected chi connectivity index (χ2v) is 20.9. The Bertz CT molecular complexity index is 1420. The fraction of sp³-hybridized carbons (Fsp3) is 0.750. The minimum atomic E-state index is -0.787. The van der Waals surface area contributed by atoms with Gasteiger partial charge in [0.1, 0.15) is 13.2 Å². The molecule has 6 heteroatoms. The number of hydrogen-bond acceptors (Lipinski definition) is 6. The Labute approximate surface area is 458 Å². The van der Waals surface area contributed by atoms with Crippen molar-refractivity contribution in [3.05, 3.63) is 85.1 Å². The average molecular weight is 1030 g/mol. The van der Waals surface area contributed by atoms with Gasteiger partial charge in [-0.1, -0.05) is 279 Å². The van der Waals surface area contributed by atoms with Gasteiger partial charge in [-0.25, -0.2) is 0 Å². The Kier molecular flexibility index (Phi) is 59.3. The minimum absolute atomic E-state index is 0.0826. The summed E-state index contributed by atoms with van der Waals surface area (Å²) in [6.45, 7) is 6.52. The molecule has 0 aromatic carbocycles. The average Bonchev–Trinajstić information content (AvgIpc) is 3.40. The third-order valence-corrected chi connectivity index (χ3v) is 13.6. The van der Waals surface area contributed by atoms with Crippen LogP contribution in [0.25, 0.3) is 0 Å². The number of allylic oxidation sites excluding steroid dienone is 14. The number of ether oxygens (including phenoxy) is 3. The molecule has 0 N–H and O–H groups in total. The van der Waals surface area contributed by atoms with Gasteiger partial charge >= 0.3 is 17.9 Å². The third-order valence-electron chi connectivity index (χ3n) is 13.6. The fourth-order valence-electron chi connectivity index (χ4n) is 8.91. The molecule has 0 rings (SSSR count). The van der Waals surface area contributed by atoms with Gasteiger partial charge in [-0.3, -0.25) is 14.4 Å². The van der Waals surface area contributed by atoms with Crippen molar-refractivity contribution < 1.29 is 28.6 Å². The van der Waals surface area contributed by atoms with Crippen LogP contribution >= 0.6 is 0 Å². The number of carbonyl (C=O) groups is 3. The monoisotopic (exact) mass is 1030 g/mol. The van der Waals surface area contributed by atoms with Crippen molar-refractivity contribution in [2.75, 3.05) is 13.2 Å². The number of rotatable bonds is 57. The second kappa shape index (κ2) is 62.1. The molecule has 0 saturated carbocycles. The van der Waals surface area contributed by atoms with E-state index in [2.05, 4.69) is 106 Å². The Balaban J connectivity index is 4.35. The second-order valence-electron chi connectivity index (χ2n) is 20.9. The largest absolute Gasteiger partial charge is 0.462 e. The van der Waals surface area contributed by atoms with Gasteiger partial charge in [-0.15, -0.1) is 0 Å². The highest BCUT2D eigenvalue weighted by atomic mass is 16.6. The Hall–Kier alpha value is -3.41. The lowest BCUT2D eigenvalue weighted by Crippen LogP contribution is -2.30. The number of unbranched alkanes of at least 4 members (excludes halogenated alkanes) is 32. The van der Waals surface area contributed by atoms with Gasteiger partial charge in [0.05, 0.1) is 0 Å². The molecule has 1 unspecified atom stereocenters. The zero-order chi connectivity index (χ0) is 53.6. The summed E-state index contributed by atoms with van der Waals surface area (Å²) in [4.78, 5) is 38.3.